The number of aromatic nitrogens is 1. The van der Waals surface area contributed by atoms with Crippen molar-refractivity contribution in [2.75, 3.05) is 32.8 Å². The summed E-state index contributed by atoms with van der Waals surface area (Å²) >= 11 is 0. The summed E-state index contributed by atoms with van der Waals surface area (Å²) in [6.45, 7) is 13.8. The number of hydrogen-bond donors (Lipinski definition) is 0. The number of pyridine rings is 1. The van der Waals surface area contributed by atoms with Gasteiger partial charge >= 0.3 is 0 Å². The Labute approximate surface area is 117 Å². The molecule has 0 aromatic carbocycles. The first kappa shape index (κ1) is 14.5. The molecule has 3 heteroatoms. The van der Waals surface area contributed by atoms with Crippen molar-refractivity contribution in [1.82, 2.24) is 9.88 Å². The second-order valence-electron chi connectivity index (χ2n) is 6.47. The molecule has 0 radical (unpaired) electrons. The number of hydrogen-bond acceptors (Lipinski definition) is 3. The first-order valence-electron chi connectivity index (χ1n) is 7.23. The van der Waals surface area contributed by atoms with E-state index >= 15 is 0 Å². The highest BCUT2D eigenvalue weighted by Crippen LogP contribution is 2.24. The van der Waals surface area contributed by atoms with Crippen LogP contribution in [0.4, 0.5) is 0 Å². The van der Waals surface area contributed by atoms with Gasteiger partial charge in [0, 0.05) is 36.9 Å². The normalized spacial score (nSPS) is 17.7. The summed E-state index contributed by atoms with van der Waals surface area (Å²) in [5, 5.41) is 0. The van der Waals surface area contributed by atoms with Crippen LogP contribution in [0.25, 0.3) is 0 Å². The van der Waals surface area contributed by atoms with Crippen LogP contribution >= 0.6 is 0 Å². The fraction of sp³-hybridized carbons (Fsp3) is 0.688. The first-order valence-corrected chi connectivity index (χ1v) is 7.23. The zero-order valence-corrected chi connectivity index (χ0v) is 12.7. The lowest BCUT2D eigenvalue weighted by molar-refractivity contribution is 0.0384. The van der Waals surface area contributed by atoms with Crippen molar-refractivity contribution < 1.29 is 4.74 Å². The van der Waals surface area contributed by atoms with Crippen LogP contribution in [0.1, 0.15) is 37.6 Å². The predicted molar refractivity (Wildman–Crippen MR) is 78.6 cm³/mol. The fourth-order valence-corrected chi connectivity index (χ4v) is 2.60. The third-order valence-electron chi connectivity index (χ3n) is 3.61. The number of aryl methyl sites for hydroxylation is 1. The van der Waals surface area contributed by atoms with E-state index < -0.39 is 0 Å². The number of ether oxygens (including phenoxy) is 1. The van der Waals surface area contributed by atoms with Gasteiger partial charge in [0.05, 0.1) is 13.2 Å². The summed E-state index contributed by atoms with van der Waals surface area (Å²) in [6.07, 6.45) is 3.07. The van der Waals surface area contributed by atoms with Crippen molar-refractivity contribution in [3.8, 4) is 0 Å². The van der Waals surface area contributed by atoms with E-state index in [2.05, 4.69) is 43.6 Å². The average Bonchev–Trinajstić information content (AvgIpc) is 2.36. The maximum Gasteiger partial charge on any atom is 0.0594 e. The molecule has 19 heavy (non-hydrogen) atoms. The number of morpholine rings is 1. The smallest absolute Gasteiger partial charge is 0.0594 e. The van der Waals surface area contributed by atoms with Crippen molar-refractivity contribution in [2.45, 2.75) is 39.5 Å². The van der Waals surface area contributed by atoms with E-state index in [0.29, 0.717) is 0 Å². The molecule has 0 N–H and O–H groups in total. The fourth-order valence-electron chi connectivity index (χ4n) is 2.60. The Morgan fingerprint density at radius 1 is 1.26 bits per heavy atom. The zero-order valence-electron chi connectivity index (χ0n) is 12.7. The van der Waals surface area contributed by atoms with Crippen molar-refractivity contribution in [2.24, 2.45) is 0 Å². The van der Waals surface area contributed by atoms with E-state index in [9.17, 15) is 0 Å². The molecular formula is C16H26N2O. The Kier molecular flexibility index (Phi) is 4.58. The molecule has 2 rings (SSSR count). The number of nitrogens with zero attached hydrogens (tertiary/aromatic N) is 2. The van der Waals surface area contributed by atoms with Crippen molar-refractivity contribution >= 4 is 0 Å². The third-order valence-corrected chi connectivity index (χ3v) is 3.61. The quantitative estimate of drug-likeness (QED) is 0.837. The highest BCUT2D eigenvalue weighted by molar-refractivity contribution is 5.29. The minimum absolute atomic E-state index is 0.119. The molecule has 2 heterocycles. The molecule has 0 spiro atoms. The molecule has 1 aliphatic heterocycles. The average molecular weight is 262 g/mol. The maximum atomic E-state index is 5.39. The molecule has 1 aromatic rings. The van der Waals surface area contributed by atoms with Gasteiger partial charge in [-0.3, -0.25) is 9.88 Å². The molecule has 1 fully saturated rings. The van der Waals surface area contributed by atoms with E-state index in [1.165, 1.54) is 16.8 Å². The van der Waals surface area contributed by atoms with Crippen molar-refractivity contribution in [3.05, 3.63) is 29.1 Å². The molecule has 3 nitrogen and oxygen atoms in total. The van der Waals surface area contributed by atoms with Crippen LogP contribution in [-0.2, 0) is 16.6 Å². The van der Waals surface area contributed by atoms with Crippen molar-refractivity contribution in [1.29, 1.82) is 0 Å². The van der Waals surface area contributed by atoms with E-state index in [1.807, 2.05) is 6.20 Å². The van der Waals surface area contributed by atoms with Crippen LogP contribution in [0.5, 0.6) is 0 Å². The van der Waals surface area contributed by atoms with E-state index in [0.717, 1.165) is 39.3 Å². The van der Waals surface area contributed by atoms with Gasteiger partial charge in [-0.1, -0.05) is 26.8 Å². The lowest BCUT2D eigenvalue weighted by atomic mass is 9.87. The molecule has 0 aliphatic carbocycles. The van der Waals surface area contributed by atoms with Crippen LogP contribution in [0.15, 0.2) is 12.3 Å². The minimum Gasteiger partial charge on any atom is -0.379 e. The summed E-state index contributed by atoms with van der Waals surface area (Å²) in [6, 6.07) is 2.30. The monoisotopic (exact) mass is 262 g/mol. The van der Waals surface area contributed by atoms with Gasteiger partial charge in [0.15, 0.2) is 0 Å². The van der Waals surface area contributed by atoms with Gasteiger partial charge in [-0.2, -0.15) is 0 Å². The van der Waals surface area contributed by atoms with E-state index in [4.69, 9.17) is 4.74 Å². The molecule has 1 aromatic heterocycles. The van der Waals surface area contributed by atoms with Crippen LogP contribution in [0.3, 0.4) is 0 Å². The molecule has 0 unspecified atom stereocenters. The topological polar surface area (TPSA) is 25.4 Å². The van der Waals surface area contributed by atoms with Crippen LogP contribution in [0, 0.1) is 6.92 Å². The molecule has 0 atom stereocenters. The highest BCUT2D eigenvalue weighted by Gasteiger charge is 2.20. The van der Waals surface area contributed by atoms with Crippen LogP contribution in [0.2, 0.25) is 0 Å². The van der Waals surface area contributed by atoms with Gasteiger partial charge in [-0.25, -0.2) is 0 Å². The van der Waals surface area contributed by atoms with Gasteiger partial charge in [0.2, 0.25) is 0 Å². The van der Waals surface area contributed by atoms with Gasteiger partial charge in [-0.05, 0) is 24.5 Å². The zero-order chi connectivity index (χ0) is 13.9. The summed E-state index contributed by atoms with van der Waals surface area (Å²) in [7, 11) is 0. The Morgan fingerprint density at radius 2 is 1.95 bits per heavy atom. The first-order chi connectivity index (χ1) is 8.97. The Hall–Kier alpha value is -0.930. The van der Waals surface area contributed by atoms with Gasteiger partial charge in [0.25, 0.3) is 0 Å². The lowest BCUT2D eigenvalue weighted by Gasteiger charge is -2.28. The summed E-state index contributed by atoms with van der Waals surface area (Å²) in [5.74, 6) is 0. The molecule has 0 saturated carbocycles. The molecule has 106 valence electrons. The highest BCUT2D eigenvalue weighted by atomic mass is 16.5. The van der Waals surface area contributed by atoms with E-state index in [1.54, 1.807) is 0 Å². The van der Waals surface area contributed by atoms with Crippen LogP contribution in [-0.4, -0.2) is 42.7 Å². The molecule has 1 saturated heterocycles. The van der Waals surface area contributed by atoms with Crippen LogP contribution < -0.4 is 0 Å². The molecule has 0 amide bonds. The van der Waals surface area contributed by atoms with E-state index in [-0.39, 0.29) is 5.41 Å². The second kappa shape index (κ2) is 6.02. The summed E-state index contributed by atoms with van der Waals surface area (Å²) in [4.78, 5) is 7.15. The largest absolute Gasteiger partial charge is 0.379 e. The molecule has 0 bridgehead atoms. The van der Waals surface area contributed by atoms with Crippen molar-refractivity contribution in [3.63, 3.8) is 0 Å². The SMILES string of the molecule is Cc1cnc(C(C)(C)C)c(CCN2CCOCC2)c1. The van der Waals surface area contributed by atoms with Gasteiger partial charge in [0.1, 0.15) is 0 Å². The maximum absolute atomic E-state index is 5.39. The standard InChI is InChI=1S/C16H26N2O/c1-13-11-14(15(17-12-13)16(2,3)4)5-6-18-7-9-19-10-8-18/h11-12H,5-10H2,1-4H3. The van der Waals surface area contributed by atoms with Gasteiger partial charge in [-0.15, -0.1) is 0 Å². The number of rotatable bonds is 3. The third kappa shape index (κ3) is 4.02. The lowest BCUT2D eigenvalue weighted by Crippen LogP contribution is -2.37. The summed E-state index contributed by atoms with van der Waals surface area (Å²) in [5.41, 5.74) is 4.02. The van der Waals surface area contributed by atoms with Gasteiger partial charge < -0.3 is 4.74 Å². The second-order valence-corrected chi connectivity index (χ2v) is 6.47. The minimum atomic E-state index is 0.119. The Balaban J connectivity index is 2.07. The molecule has 1 aliphatic rings. The summed E-state index contributed by atoms with van der Waals surface area (Å²) < 4.78 is 5.39. The molecular weight excluding hydrogens is 236 g/mol. The predicted octanol–water partition coefficient (Wildman–Crippen LogP) is 2.56. The Bertz CT molecular complexity index is 417. The Morgan fingerprint density at radius 3 is 2.58 bits per heavy atom.